The largest absolute Gasteiger partial charge is 0.493 e. The quantitative estimate of drug-likeness (QED) is 0.472. The number of ether oxygens (including phenoxy) is 1. The molecule has 2 heterocycles. The molecule has 0 fully saturated rings. The highest BCUT2D eigenvalue weighted by Crippen LogP contribution is 2.28. The molecule has 5 nitrogen and oxygen atoms in total. The van der Waals surface area contributed by atoms with Gasteiger partial charge in [-0.2, -0.15) is 9.61 Å². The van der Waals surface area contributed by atoms with Gasteiger partial charge >= 0.3 is 0 Å². The summed E-state index contributed by atoms with van der Waals surface area (Å²) in [4.78, 5) is 16.9. The number of benzene rings is 1. The Morgan fingerprint density at radius 2 is 2.04 bits per heavy atom. The van der Waals surface area contributed by atoms with E-state index in [2.05, 4.69) is 62.9 Å². The third kappa shape index (κ3) is 3.80. The molecule has 3 aromatic rings. The minimum absolute atomic E-state index is 0.177. The minimum Gasteiger partial charge on any atom is -0.493 e. The Kier molecular flexibility index (Phi) is 5.14. The number of carbonyl (C=O) groups excluding carboxylic acids is 1. The van der Waals surface area contributed by atoms with Gasteiger partial charge in [-0.1, -0.05) is 44.2 Å². The zero-order chi connectivity index (χ0) is 18.9. The number of fused-ring (bicyclic) bond motifs is 1. The maximum absolute atomic E-state index is 11.5. The maximum Gasteiger partial charge on any atom is 0.213 e. The summed E-state index contributed by atoms with van der Waals surface area (Å²) in [7, 11) is 0. The van der Waals surface area contributed by atoms with Crippen molar-refractivity contribution in [3.63, 3.8) is 0 Å². The molecule has 0 aliphatic rings. The van der Waals surface area contributed by atoms with Gasteiger partial charge in [0.25, 0.3) is 0 Å². The Morgan fingerprint density at radius 1 is 1.27 bits per heavy atom. The average molecular weight is 372 g/mol. The normalized spacial score (nSPS) is 11.9. The number of rotatable bonds is 6. The first-order chi connectivity index (χ1) is 12.3. The van der Waals surface area contributed by atoms with Crippen LogP contribution in [0, 0.1) is 13.8 Å². The van der Waals surface area contributed by atoms with E-state index in [1.54, 1.807) is 15.9 Å². The first-order valence-corrected chi connectivity index (χ1v) is 9.65. The lowest BCUT2D eigenvalue weighted by Gasteiger charge is -2.15. The Morgan fingerprint density at radius 3 is 2.73 bits per heavy atom. The molecule has 138 valence electrons. The second-order valence-corrected chi connectivity index (χ2v) is 8.67. The highest BCUT2D eigenvalue weighted by atomic mass is 32.1. The third-order valence-electron chi connectivity index (χ3n) is 4.24. The molecule has 3 rings (SSSR count). The average Bonchev–Trinajstić information content (AvgIpc) is 3.11. The molecular formula is C20H25N3O2S. The molecule has 0 saturated heterocycles. The van der Waals surface area contributed by atoms with Crippen LogP contribution < -0.4 is 4.74 Å². The van der Waals surface area contributed by atoms with E-state index in [0.29, 0.717) is 12.3 Å². The van der Waals surface area contributed by atoms with Gasteiger partial charge in [0.1, 0.15) is 16.5 Å². The van der Waals surface area contributed by atoms with Crippen LogP contribution in [-0.2, 0) is 11.8 Å². The zero-order valence-electron chi connectivity index (χ0n) is 16.0. The zero-order valence-corrected chi connectivity index (χ0v) is 16.8. The summed E-state index contributed by atoms with van der Waals surface area (Å²) >= 11 is 1.54. The molecule has 0 atom stereocenters. The first kappa shape index (κ1) is 18.6. The van der Waals surface area contributed by atoms with E-state index < -0.39 is 0 Å². The van der Waals surface area contributed by atoms with E-state index in [9.17, 15) is 4.79 Å². The maximum atomic E-state index is 11.5. The molecule has 1 aromatic carbocycles. The van der Waals surface area contributed by atoms with Crippen molar-refractivity contribution in [3.8, 4) is 5.75 Å². The van der Waals surface area contributed by atoms with Crippen molar-refractivity contribution in [2.24, 2.45) is 0 Å². The fraction of sp³-hybridized carbons (Fsp3) is 0.450. The van der Waals surface area contributed by atoms with E-state index in [1.807, 2.05) is 0 Å². The summed E-state index contributed by atoms with van der Waals surface area (Å²) in [6.07, 6.45) is 2.53. The Balaban J connectivity index is 1.66. The number of imidazole rings is 1. The van der Waals surface area contributed by atoms with Crippen LogP contribution in [0.5, 0.6) is 5.75 Å². The van der Waals surface area contributed by atoms with Gasteiger partial charge in [0.05, 0.1) is 12.3 Å². The van der Waals surface area contributed by atoms with Crippen molar-refractivity contribution in [1.29, 1.82) is 0 Å². The molecule has 0 radical (unpaired) electrons. The van der Waals surface area contributed by atoms with Gasteiger partial charge in [-0.15, -0.1) is 0 Å². The standard InChI is InChI=1S/C20H25N3O2S/c1-13-8-9-14(2)16(11-13)25-10-6-7-17-22-23-15(12-24)18(20(3,4)5)21-19(23)26-17/h8-9,11-12H,6-7,10H2,1-5H3. The molecule has 0 aliphatic heterocycles. The summed E-state index contributed by atoms with van der Waals surface area (Å²) in [5, 5.41) is 5.55. The molecule has 26 heavy (non-hydrogen) atoms. The third-order valence-corrected chi connectivity index (χ3v) is 5.21. The van der Waals surface area contributed by atoms with Crippen molar-refractivity contribution < 1.29 is 9.53 Å². The van der Waals surface area contributed by atoms with E-state index >= 15 is 0 Å². The lowest BCUT2D eigenvalue weighted by Crippen LogP contribution is -2.15. The second-order valence-electron chi connectivity index (χ2n) is 7.62. The smallest absolute Gasteiger partial charge is 0.213 e. The Labute approximate surface area is 158 Å². The van der Waals surface area contributed by atoms with E-state index in [-0.39, 0.29) is 5.41 Å². The topological polar surface area (TPSA) is 56.5 Å². The van der Waals surface area contributed by atoms with Gasteiger partial charge < -0.3 is 4.74 Å². The van der Waals surface area contributed by atoms with Gasteiger partial charge in [-0.3, -0.25) is 4.79 Å². The summed E-state index contributed by atoms with van der Waals surface area (Å²) in [5.41, 5.74) is 3.53. The van der Waals surface area contributed by atoms with Crippen molar-refractivity contribution >= 4 is 22.6 Å². The first-order valence-electron chi connectivity index (χ1n) is 8.84. The highest BCUT2D eigenvalue weighted by molar-refractivity contribution is 7.16. The van der Waals surface area contributed by atoms with Crippen LogP contribution in [0.25, 0.3) is 4.96 Å². The van der Waals surface area contributed by atoms with Crippen LogP contribution in [0.4, 0.5) is 0 Å². The van der Waals surface area contributed by atoms with Gasteiger partial charge in [-0.05, 0) is 37.5 Å². The lowest BCUT2D eigenvalue weighted by molar-refractivity contribution is 0.111. The van der Waals surface area contributed by atoms with Crippen LogP contribution in [0.15, 0.2) is 18.2 Å². The number of aryl methyl sites for hydroxylation is 3. The molecular weight excluding hydrogens is 346 g/mol. The molecule has 0 spiro atoms. The van der Waals surface area contributed by atoms with Crippen LogP contribution in [0.1, 0.15) is 59.5 Å². The van der Waals surface area contributed by atoms with Crippen molar-refractivity contribution in [3.05, 3.63) is 45.7 Å². The second kappa shape index (κ2) is 7.19. The van der Waals surface area contributed by atoms with Crippen LogP contribution in [0.3, 0.4) is 0 Å². The molecule has 0 saturated carbocycles. The van der Waals surface area contributed by atoms with Crippen LogP contribution >= 0.6 is 11.3 Å². The molecule has 0 N–H and O–H groups in total. The number of aldehydes is 1. The predicted molar refractivity (Wildman–Crippen MR) is 105 cm³/mol. The van der Waals surface area contributed by atoms with Crippen LogP contribution in [-0.4, -0.2) is 27.5 Å². The molecule has 0 aliphatic carbocycles. The van der Waals surface area contributed by atoms with Gasteiger partial charge in [-0.25, -0.2) is 4.98 Å². The molecule has 0 bridgehead atoms. The van der Waals surface area contributed by atoms with E-state index in [0.717, 1.165) is 46.1 Å². The highest BCUT2D eigenvalue weighted by Gasteiger charge is 2.25. The van der Waals surface area contributed by atoms with Crippen LogP contribution in [0.2, 0.25) is 0 Å². The number of hydrogen-bond acceptors (Lipinski definition) is 5. The van der Waals surface area contributed by atoms with E-state index in [4.69, 9.17) is 4.74 Å². The van der Waals surface area contributed by atoms with Gasteiger partial charge in [0, 0.05) is 11.8 Å². The predicted octanol–water partition coefficient (Wildman–Crippen LogP) is 4.53. The summed E-state index contributed by atoms with van der Waals surface area (Å²) < 4.78 is 7.58. The Hall–Kier alpha value is -2.21. The monoisotopic (exact) mass is 371 g/mol. The summed E-state index contributed by atoms with van der Waals surface area (Å²) in [5.74, 6) is 0.942. The molecule has 6 heteroatoms. The van der Waals surface area contributed by atoms with Crippen molar-refractivity contribution in [2.75, 3.05) is 6.61 Å². The summed E-state index contributed by atoms with van der Waals surface area (Å²) in [6, 6.07) is 6.23. The SMILES string of the molecule is Cc1ccc(C)c(OCCCc2nn3c(C=O)c(C(C)(C)C)nc3s2)c1. The lowest BCUT2D eigenvalue weighted by atomic mass is 9.91. The molecule has 2 aromatic heterocycles. The summed E-state index contributed by atoms with van der Waals surface area (Å²) in [6.45, 7) is 10.9. The Bertz CT molecular complexity index is 935. The number of hydrogen-bond donors (Lipinski definition) is 0. The van der Waals surface area contributed by atoms with Gasteiger partial charge in [0.2, 0.25) is 4.96 Å². The van der Waals surface area contributed by atoms with Crippen molar-refractivity contribution in [1.82, 2.24) is 14.6 Å². The van der Waals surface area contributed by atoms with E-state index in [1.165, 1.54) is 5.56 Å². The molecule has 0 unspecified atom stereocenters. The fourth-order valence-electron chi connectivity index (χ4n) is 2.83. The number of nitrogens with zero attached hydrogens (tertiary/aromatic N) is 3. The molecule has 0 amide bonds. The van der Waals surface area contributed by atoms with Gasteiger partial charge in [0.15, 0.2) is 6.29 Å². The van der Waals surface area contributed by atoms with Crippen molar-refractivity contribution in [2.45, 2.75) is 52.9 Å². The number of carbonyl (C=O) groups is 1. The fourth-order valence-corrected chi connectivity index (χ4v) is 3.77. The minimum atomic E-state index is -0.177. The number of aromatic nitrogens is 3.